The number of hydrogen-bond donors (Lipinski definition) is 0. The molecule has 0 unspecified atom stereocenters. The molecule has 6 aromatic rings. The zero-order chi connectivity index (χ0) is 34.2. The van der Waals surface area contributed by atoms with E-state index >= 15 is 0 Å². The molecule has 3 nitrogen and oxygen atoms in total. The van der Waals surface area contributed by atoms with Crippen LogP contribution in [0.4, 0.5) is 0 Å². The van der Waals surface area contributed by atoms with Crippen molar-refractivity contribution in [3.8, 4) is 33.6 Å². The van der Waals surface area contributed by atoms with E-state index in [9.17, 15) is 4.79 Å². The van der Waals surface area contributed by atoms with E-state index in [1.807, 2.05) is 44.2 Å². The SMILES string of the molecule is CC(C)C(=O)c1ccc(-c2[c-]cc(C(C)(C)C)cc2)nc1.CCc1ccc2c(c1)C(C)(C)c1cc(-c3ccc4ccccc4n3)[c-]cc1-2.[Ir]. The summed E-state index contributed by atoms with van der Waals surface area (Å²) in [4.78, 5) is 21.2. The van der Waals surface area contributed by atoms with Crippen LogP contribution in [0.15, 0.2) is 103 Å². The summed E-state index contributed by atoms with van der Waals surface area (Å²) in [5.74, 6) is 0.122. The van der Waals surface area contributed by atoms with E-state index in [0.29, 0.717) is 5.56 Å². The topological polar surface area (TPSA) is 42.9 Å². The van der Waals surface area contributed by atoms with Gasteiger partial charge in [-0.1, -0.05) is 127 Å². The third-order valence-electron chi connectivity index (χ3n) is 9.48. The number of benzene rings is 4. The summed E-state index contributed by atoms with van der Waals surface area (Å²) in [6.07, 6.45) is 2.72. The number of nitrogens with zero attached hydrogens (tertiary/aromatic N) is 2. The van der Waals surface area contributed by atoms with E-state index in [0.717, 1.165) is 34.5 Å². The van der Waals surface area contributed by atoms with Crippen molar-refractivity contribution in [1.29, 1.82) is 0 Å². The maximum absolute atomic E-state index is 11.9. The van der Waals surface area contributed by atoms with Crippen LogP contribution in [0.2, 0.25) is 0 Å². The number of ketones is 1. The van der Waals surface area contributed by atoms with E-state index < -0.39 is 0 Å². The monoisotopic (exact) mass is 821 g/mol. The number of pyridine rings is 2. The van der Waals surface area contributed by atoms with Gasteiger partial charge in [-0.25, -0.2) is 0 Å². The zero-order valence-corrected chi connectivity index (χ0v) is 32.1. The van der Waals surface area contributed by atoms with Gasteiger partial charge in [-0.2, -0.15) is 0 Å². The molecule has 2 heterocycles. The number of rotatable bonds is 5. The maximum Gasteiger partial charge on any atom is 0.166 e. The number of fused-ring (bicyclic) bond motifs is 4. The number of hydrogen-bond acceptors (Lipinski definition) is 3. The molecule has 251 valence electrons. The van der Waals surface area contributed by atoms with Crippen LogP contribution in [0, 0.1) is 18.1 Å². The fraction of sp³-hybridized carbons (Fsp3) is 0.267. The van der Waals surface area contributed by atoms with Crippen LogP contribution in [0.5, 0.6) is 0 Å². The van der Waals surface area contributed by atoms with Gasteiger partial charge in [0.2, 0.25) is 0 Å². The van der Waals surface area contributed by atoms with Gasteiger partial charge in [-0.05, 0) is 51.2 Å². The molecule has 0 amide bonds. The molecule has 0 saturated heterocycles. The van der Waals surface area contributed by atoms with Gasteiger partial charge in [0.1, 0.15) is 0 Å². The van der Waals surface area contributed by atoms with Crippen LogP contribution in [0.3, 0.4) is 0 Å². The molecule has 4 heteroatoms. The third-order valence-corrected chi connectivity index (χ3v) is 9.48. The Balaban J connectivity index is 0.000000194. The summed E-state index contributed by atoms with van der Waals surface area (Å²) in [7, 11) is 0. The smallest absolute Gasteiger partial charge is 0.166 e. The van der Waals surface area contributed by atoms with Gasteiger partial charge < -0.3 is 4.98 Å². The summed E-state index contributed by atoms with van der Waals surface area (Å²) in [5.41, 5.74) is 13.8. The van der Waals surface area contributed by atoms with Crippen LogP contribution < -0.4 is 0 Å². The Hall–Kier alpha value is -4.24. The molecule has 1 radical (unpaired) electrons. The van der Waals surface area contributed by atoms with Gasteiger partial charge in [0.25, 0.3) is 0 Å². The first-order valence-corrected chi connectivity index (χ1v) is 17.0. The number of Topliss-reactive ketones (excluding diaryl/α,β-unsaturated/α-hetero) is 1. The van der Waals surface area contributed by atoms with Crippen LogP contribution in [0.1, 0.15) is 88.0 Å². The second-order valence-corrected chi connectivity index (χ2v) is 14.6. The van der Waals surface area contributed by atoms with Gasteiger partial charge in [-0.3, -0.25) is 9.78 Å². The van der Waals surface area contributed by atoms with E-state index in [2.05, 4.69) is 125 Å². The molecule has 0 bridgehead atoms. The quantitative estimate of drug-likeness (QED) is 0.129. The van der Waals surface area contributed by atoms with Crippen LogP contribution in [-0.2, 0) is 37.4 Å². The maximum atomic E-state index is 11.9. The van der Waals surface area contributed by atoms with Gasteiger partial charge in [-0.15, -0.1) is 64.7 Å². The Labute approximate surface area is 305 Å². The second-order valence-electron chi connectivity index (χ2n) is 14.6. The fourth-order valence-corrected chi connectivity index (χ4v) is 6.39. The summed E-state index contributed by atoms with van der Waals surface area (Å²) in [6, 6.07) is 40.5. The number of aryl methyl sites for hydroxylation is 1. The van der Waals surface area contributed by atoms with Gasteiger partial charge in [0.05, 0.1) is 5.52 Å². The molecule has 1 aliphatic rings. The minimum absolute atomic E-state index is 0. The molecule has 49 heavy (non-hydrogen) atoms. The molecular weight excluding hydrogens is 777 g/mol. The Kier molecular flexibility index (Phi) is 10.5. The van der Waals surface area contributed by atoms with Crippen molar-refractivity contribution in [3.63, 3.8) is 0 Å². The summed E-state index contributed by atoms with van der Waals surface area (Å²) in [5, 5.41) is 1.17. The van der Waals surface area contributed by atoms with E-state index in [1.165, 1.54) is 38.8 Å². The molecular formula is C45H44IrN2O-2. The van der Waals surface area contributed by atoms with Crippen molar-refractivity contribution in [2.75, 3.05) is 0 Å². The zero-order valence-electron chi connectivity index (χ0n) is 29.7. The molecule has 0 atom stereocenters. The van der Waals surface area contributed by atoms with E-state index in [1.54, 1.807) is 6.20 Å². The summed E-state index contributed by atoms with van der Waals surface area (Å²) in [6.45, 7) is 17.2. The Morgan fingerprint density at radius 1 is 0.796 bits per heavy atom. The summed E-state index contributed by atoms with van der Waals surface area (Å²) < 4.78 is 0. The predicted octanol–water partition coefficient (Wildman–Crippen LogP) is 11.3. The van der Waals surface area contributed by atoms with Gasteiger partial charge >= 0.3 is 0 Å². The number of para-hydroxylation sites is 1. The standard InChI is InChI=1S/C26H22N.C19H22NO.Ir/c1-4-17-9-12-20-21-13-10-19(16-23(21)26(2,3)22(20)15-17)25-14-11-18-7-5-6-8-24(18)27-25;1-13(2)18(21)15-8-11-17(20-12-15)14-6-9-16(10-7-14)19(3,4)5;/h5-9,11-16H,4H2,1-3H3;6,8-13H,1-5H3;/q2*-1;. The van der Waals surface area contributed by atoms with Crippen molar-refractivity contribution >= 4 is 16.7 Å². The van der Waals surface area contributed by atoms with Crippen molar-refractivity contribution in [1.82, 2.24) is 9.97 Å². The first-order chi connectivity index (χ1) is 22.9. The Morgan fingerprint density at radius 2 is 1.51 bits per heavy atom. The minimum atomic E-state index is -0.00437. The van der Waals surface area contributed by atoms with Crippen molar-refractivity contribution < 1.29 is 24.9 Å². The third kappa shape index (κ3) is 7.37. The van der Waals surface area contributed by atoms with Gasteiger partial charge in [0.15, 0.2) is 5.78 Å². The second kappa shape index (κ2) is 14.3. The molecule has 7 rings (SSSR count). The first-order valence-electron chi connectivity index (χ1n) is 17.0. The molecule has 0 spiro atoms. The van der Waals surface area contributed by atoms with E-state index in [4.69, 9.17) is 4.98 Å². The number of carbonyl (C=O) groups excluding carboxylic acids is 1. The fourth-order valence-electron chi connectivity index (χ4n) is 6.39. The average Bonchev–Trinajstić information content (AvgIpc) is 3.32. The minimum Gasteiger partial charge on any atom is -0.304 e. The summed E-state index contributed by atoms with van der Waals surface area (Å²) >= 11 is 0. The normalized spacial score (nSPS) is 12.8. The Morgan fingerprint density at radius 3 is 2.16 bits per heavy atom. The predicted molar refractivity (Wildman–Crippen MR) is 199 cm³/mol. The molecule has 0 fully saturated rings. The number of aromatic nitrogens is 2. The van der Waals surface area contributed by atoms with Crippen LogP contribution >= 0.6 is 0 Å². The van der Waals surface area contributed by atoms with E-state index in [-0.39, 0.29) is 42.6 Å². The molecule has 1 aliphatic carbocycles. The van der Waals surface area contributed by atoms with Crippen molar-refractivity contribution in [2.45, 2.75) is 72.6 Å². The molecule has 0 N–H and O–H groups in total. The molecule has 0 aliphatic heterocycles. The number of carbonyl (C=O) groups is 1. The Bertz CT molecular complexity index is 2100. The molecule has 4 aromatic carbocycles. The van der Waals surface area contributed by atoms with Crippen molar-refractivity contribution in [3.05, 3.63) is 143 Å². The van der Waals surface area contributed by atoms with Gasteiger partial charge in [0, 0.05) is 37.8 Å². The average molecular weight is 821 g/mol. The van der Waals surface area contributed by atoms with Crippen LogP contribution in [-0.4, -0.2) is 15.8 Å². The first kappa shape index (κ1) is 36.1. The molecule has 0 saturated carbocycles. The van der Waals surface area contributed by atoms with Crippen molar-refractivity contribution in [2.24, 2.45) is 5.92 Å². The van der Waals surface area contributed by atoms with Crippen LogP contribution in [0.25, 0.3) is 44.5 Å². The molecule has 2 aromatic heterocycles. The largest absolute Gasteiger partial charge is 0.304 e.